The second kappa shape index (κ2) is 8.53. The number of carbonyl (C=O) groups is 1. The molecule has 0 aliphatic carbocycles. The highest BCUT2D eigenvalue weighted by Crippen LogP contribution is 2.15. The Hall–Kier alpha value is -2.89. The van der Waals surface area contributed by atoms with Crippen molar-refractivity contribution in [3.8, 4) is 5.75 Å². The van der Waals surface area contributed by atoms with Crippen molar-refractivity contribution >= 4 is 17.8 Å². The average molecular weight is 312 g/mol. The fourth-order valence-corrected chi connectivity index (χ4v) is 1.86. The van der Waals surface area contributed by atoms with E-state index < -0.39 is 0 Å². The zero-order chi connectivity index (χ0) is 16.5. The summed E-state index contributed by atoms with van der Waals surface area (Å²) in [6.45, 7) is 4.59. The van der Waals surface area contributed by atoms with Crippen molar-refractivity contribution in [1.82, 2.24) is 10.4 Å². The largest absolute Gasteiger partial charge is 0.494 e. The lowest BCUT2D eigenvalue weighted by Crippen LogP contribution is -2.25. The third-order valence-electron chi connectivity index (χ3n) is 2.91. The first-order chi connectivity index (χ1) is 11.2. The average Bonchev–Trinajstić information content (AvgIpc) is 2.55. The maximum absolute atomic E-state index is 11.7. The van der Waals surface area contributed by atoms with Gasteiger partial charge in [0, 0.05) is 11.4 Å². The van der Waals surface area contributed by atoms with E-state index >= 15 is 0 Å². The minimum atomic E-state index is -0.234. The van der Waals surface area contributed by atoms with Crippen LogP contribution in [0.3, 0.4) is 0 Å². The first-order valence-corrected chi connectivity index (χ1v) is 7.39. The van der Waals surface area contributed by atoms with Gasteiger partial charge in [-0.15, -0.1) is 0 Å². The van der Waals surface area contributed by atoms with Crippen molar-refractivity contribution < 1.29 is 9.53 Å². The molecule has 0 radical (unpaired) electrons. The Balaban J connectivity index is 1.76. The lowest BCUT2D eigenvalue weighted by Gasteiger charge is -2.07. The van der Waals surface area contributed by atoms with Crippen LogP contribution in [0.25, 0.3) is 0 Å². The molecule has 120 valence electrons. The summed E-state index contributed by atoms with van der Waals surface area (Å²) in [6, 6.07) is 13.0. The van der Waals surface area contributed by atoms with Crippen molar-refractivity contribution in [2.24, 2.45) is 5.10 Å². The molecule has 0 aliphatic heterocycles. The molecular formula is C17H20N4O2. The number of aryl methyl sites for hydroxylation is 1. The van der Waals surface area contributed by atoms with E-state index in [1.165, 1.54) is 6.21 Å². The van der Waals surface area contributed by atoms with Crippen LogP contribution in [0.4, 0.5) is 5.69 Å². The molecule has 23 heavy (non-hydrogen) atoms. The topological polar surface area (TPSA) is 75.6 Å². The molecule has 0 atom stereocenters. The lowest BCUT2D eigenvalue weighted by atomic mass is 10.3. The van der Waals surface area contributed by atoms with Crippen LogP contribution < -0.4 is 15.5 Å². The number of benzene rings is 1. The third kappa shape index (κ3) is 5.78. The Morgan fingerprint density at radius 1 is 1.26 bits per heavy atom. The van der Waals surface area contributed by atoms with E-state index in [1.807, 2.05) is 56.3 Å². The SMILES string of the molecule is CCOc1ccc(NCC(=O)N/N=C\c2cccc(C)n2)cc1. The molecule has 2 N–H and O–H groups in total. The molecular weight excluding hydrogens is 292 g/mol. The summed E-state index contributed by atoms with van der Waals surface area (Å²) in [5, 5.41) is 6.90. The van der Waals surface area contributed by atoms with Gasteiger partial charge in [0.25, 0.3) is 5.91 Å². The minimum absolute atomic E-state index is 0.132. The fraction of sp³-hybridized carbons (Fsp3) is 0.235. The molecule has 0 unspecified atom stereocenters. The number of aromatic nitrogens is 1. The van der Waals surface area contributed by atoms with Crippen LogP contribution in [0, 0.1) is 6.92 Å². The Bertz CT molecular complexity index is 669. The summed E-state index contributed by atoms with van der Waals surface area (Å²) in [5.41, 5.74) is 4.90. The van der Waals surface area contributed by atoms with Crippen LogP contribution in [-0.4, -0.2) is 30.3 Å². The maximum atomic E-state index is 11.7. The predicted octanol–water partition coefficient (Wildman–Crippen LogP) is 2.35. The van der Waals surface area contributed by atoms with E-state index in [4.69, 9.17) is 4.74 Å². The number of pyridine rings is 1. The van der Waals surface area contributed by atoms with Gasteiger partial charge in [0.15, 0.2) is 0 Å². The molecule has 6 heteroatoms. The summed E-state index contributed by atoms with van der Waals surface area (Å²) < 4.78 is 5.36. The van der Waals surface area contributed by atoms with E-state index in [-0.39, 0.29) is 12.5 Å². The molecule has 0 spiro atoms. The predicted molar refractivity (Wildman–Crippen MR) is 90.8 cm³/mol. The van der Waals surface area contributed by atoms with Gasteiger partial charge in [-0.05, 0) is 50.2 Å². The van der Waals surface area contributed by atoms with E-state index in [1.54, 1.807) is 0 Å². The summed E-state index contributed by atoms with van der Waals surface area (Å²) in [4.78, 5) is 16.0. The van der Waals surface area contributed by atoms with Gasteiger partial charge in [0.05, 0.1) is 25.1 Å². The zero-order valence-corrected chi connectivity index (χ0v) is 13.2. The smallest absolute Gasteiger partial charge is 0.259 e. The number of ether oxygens (including phenoxy) is 1. The van der Waals surface area contributed by atoms with Crippen LogP contribution in [-0.2, 0) is 4.79 Å². The number of hydrogen-bond acceptors (Lipinski definition) is 5. The van der Waals surface area contributed by atoms with E-state index in [0.29, 0.717) is 12.3 Å². The minimum Gasteiger partial charge on any atom is -0.494 e. The summed E-state index contributed by atoms with van der Waals surface area (Å²) in [7, 11) is 0. The number of amides is 1. The van der Waals surface area contributed by atoms with Crippen LogP contribution in [0.5, 0.6) is 5.75 Å². The highest BCUT2D eigenvalue weighted by atomic mass is 16.5. The maximum Gasteiger partial charge on any atom is 0.259 e. The summed E-state index contributed by atoms with van der Waals surface area (Å²) >= 11 is 0. The normalized spacial score (nSPS) is 10.5. The van der Waals surface area contributed by atoms with Crippen molar-refractivity contribution in [3.63, 3.8) is 0 Å². The number of carbonyl (C=O) groups excluding carboxylic acids is 1. The molecule has 0 saturated heterocycles. The molecule has 1 heterocycles. The molecule has 2 aromatic rings. The number of nitrogens with one attached hydrogen (secondary N) is 2. The summed E-state index contributed by atoms with van der Waals surface area (Å²) in [6.07, 6.45) is 1.52. The molecule has 0 aliphatic rings. The van der Waals surface area contributed by atoms with E-state index in [9.17, 15) is 4.79 Å². The Morgan fingerprint density at radius 3 is 2.74 bits per heavy atom. The van der Waals surface area contributed by atoms with Gasteiger partial charge in [-0.1, -0.05) is 6.07 Å². The van der Waals surface area contributed by atoms with Crippen LogP contribution in [0.15, 0.2) is 47.6 Å². The monoisotopic (exact) mass is 312 g/mol. The Labute approximate surface area is 135 Å². The van der Waals surface area contributed by atoms with Gasteiger partial charge in [0.1, 0.15) is 5.75 Å². The molecule has 1 amide bonds. The van der Waals surface area contributed by atoms with Gasteiger partial charge < -0.3 is 10.1 Å². The number of hydrogen-bond donors (Lipinski definition) is 2. The van der Waals surface area contributed by atoms with Crippen LogP contribution in [0.2, 0.25) is 0 Å². The standard InChI is InChI=1S/C17H20N4O2/c1-3-23-16-9-7-14(8-10-16)18-12-17(22)21-19-11-15-6-4-5-13(2)20-15/h4-11,18H,3,12H2,1-2H3,(H,21,22)/b19-11-. The highest BCUT2D eigenvalue weighted by Gasteiger charge is 2.00. The summed E-state index contributed by atoms with van der Waals surface area (Å²) in [5.74, 6) is 0.570. The van der Waals surface area contributed by atoms with Crippen LogP contribution in [0.1, 0.15) is 18.3 Å². The molecule has 1 aromatic heterocycles. The second-order valence-corrected chi connectivity index (χ2v) is 4.81. The van der Waals surface area contributed by atoms with Crippen molar-refractivity contribution in [3.05, 3.63) is 53.9 Å². The third-order valence-corrected chi connectivity index (χ3v) is 2.91. The van der Waals surface area contributed by atoms with Gasteiger partial charge in [-0.25, -0.2) is 5.43 Å². The molecule has 6 nitrogen and oxygen atoms in total. The number of rotatable bonds is 7. The Kier molecular flexibility index (Phi) is 6.11. The van der Waals surface area contributed by atoms with Crippen molar-refractivity contribution in [1.29, 1.82) is 0 Å². The quantitative estimate of drug-likeness (QED) is 0.608. The molecule has 0 saturated carbocycles. The van der Waals surface area contributed by atoms with Crippen molar-refractivity contribution in [2.75, 3.05) is 18.5 Å². The molecule has 0 bridgehead atoms. The first kappa shape index (κ1) is 16.5. The van der Waals surface area contributed by atoms with Gasteiger partial charge in [-0.3, -0.25) is 9.78 Å². The van der Waals surface area contributed by atoms with Gasteiger partial charge in [-0.2, -0.15) is 5.10 Å². The van der Waals surface area contributed by atoms with Gasteiger partial charge >= 0.3 is 0 Å². The highest BCUT2D eigenvalue weighted by molar-refractivity contribution is 5.83. The molecule has 1 aromatic carbocycles. The van der Waals surface area contributed by atoms with Crippen molar-refractivity contribution in [2.45, 2.75) is 13.8 Å². The Morgan fingerprint density at radius 2 is 2.04 bits per heavy atom. The molecule has 2 rings (SSSR count). The van der Waals surface area contributed by atoms with Gasteiger partial charge in [0.2, 0.25) is 0 Å². The first-order valence-electron chi connectivity index (χ1n) is 7.39. The molecule has 0 fully saturated rings. The number of nitrogens with zero attached hydrogens (tertiary/aromatic N) is 2. The zero-order valence-electron chi connectivity index (χ0n) is 13.2. The van der Waals surface area contributed by atoms with E-state index in [0.717, 1.165) is 17.1 Å². The van der Waals surface area contributed by atoms with Crippen LogP contribution >= 0.6 is 0 Å². The number of anilines is 1. The number of hydrazone groups is 1. The second-order valence-electron chi connectivity index (χ2n) is 4.81. The van der Waals surface area contributed by atoms with E-state index in [2.05, 4.69) is 20.8 Å². The fourth-order valence-electron chi connectivity index (χ4n) is 1.86. The lowest BCUT2D eigenvalue weighted by molar-refractivity contribution is -0.119.